The Morgan fingerprint density at radius 3 is 1.40 bits per heavy atom. The molecule has 0 bridgehead atoms. The summed E-state index contributed by atoms with van der Waals surface area (Å²) in [4.78, 5) is 34.1. The largest absolute Gasteiger partial charge is 0.296 e. The van der Waals surface area contributed by atoms with Gasteiger partial charge in [-0.1, -0.05) is 60.7 Å². The van der Waals surface area contributed by atoms with Crippen molar-refractivity contribution in [3.63, 3.8) is 0 Å². The second-order valence-corrected chi connectivity index (χ2v) is 5.81. The SMILES string of the molecule is O=C1C([N+](=O)[O-])C(c2ccccc2)NC(c2ccccc2)C1[N+](=O)[O-]. The van der Waals surface area contributed by atoms with Crippen LogP contribution in [-0.4, -0.2) is 27.7 Å². The summed E-state index contributed by atoms with van der Waals surface area (Å²) in [7, 11) is 0. The van der Waals surface area contributed by atoms with E-state index in [4.69, 9.17) is 0 Å². The number of piperidine rings is 1. The molecule has 3 rings (SSSR count). The molecule has 2 aromatic carbocycles. The molecule has 0 spiro atoms. The maximum atomic E-state index is 12.7. The molecule has 0 radical (unpaired) electrons. The summed E-state index contributed by atoms with van der Waals surface area (Å²) in [5, 5.41) is 25.9. The molecule has 0 aliphatic carbocycles. The highest BCUT2D eigenvalue weighted by Gasteiger charge is 2.57. The van der Waals surface area contributed by atoms with Crippen molar-refractivity contribution in [2.75, 3.05) is 0 Å². The smallest absolute Gasteiger partial charge is 0.291 e. The van der Waals surface area contributed by atoms with E-state index in [1.54, 1.807) is 60.7 Å². The second-order valence-electron chi connectivity index (χ2n) is 5.81. The zero-order valence-corrected chi connectivity index (χ0v) is 13.0. The van der Waals surface area contributed by atoms with Crippen molar-refractivity contribution in [2.24, 2.45) is 0 Å². The summed E-state index contributed by atoms with van der Waals surface area (Å²) in [6.45, 7) is 0. The number of hydrogen-bond donors (Lipinski definition) is 1. The highest BCUT2D eigenvalue weighted by molar-refractivity contribution is 5.89. The Hall–Kier alpha value is -3.13. The second kappa shape index (κ2) is 6.78. The molecule has 1 saturated heterocycles. The molecule has 8 heteroatoms. The molecule has 1 N–H and O–H groups in total. The molecule has 8 nitrogen and oxygen atoms in total. The van der Waals surface area contributed by atoms with E-state index in [1.807, 2.05) is 0 Å². The van der Waals surface area contributed by atoms with Crippen molar-refractivity contribution >= 4 is 5.78 Å². The summed E-state index contributed by atoms with van der Waals surface area (Å²) in [5.41, 5.74) is 1.08. The number of benzene rings is 2. The first-order valence-corrected chi connectivity index (χ1v) is 7.67. The van der Waals surface area contributed by atoms with Gasteiger partial charge in [0.05, 0.1) is 0 Å². The quantitative estimate of drug-likeness (QED) is 0.671. The fraction of sp³-hybridized carbons (Fsp3) is 0.235. The Kier molecular flexibility index (Phi) is 4.53. The van der Waals surface area contributed by atoms with Gasteiger partial charge < -0.3 is 0 Å². The van der Waals surface area contributed by atoms with Gasteiger partial charge in [0.2, 0.25) is 0 Å². The van der Waals surface area contributed by atoms with Crippen LogP contribution in [0, 0.1) is 20.2 Å². The Morgan fingerprint density at radius 2 is 1.08 bits per heavy atom. The first-order chi connectivity index (χ1) is 12.0. The summed E-state index contributed by atoms with van der Waals surface area (Å²) in [6.07, 6.45) is 0. The Labute approximate surface area is 142 Å². The van der Waals surface area contributed by atoms with Gasteiger partial charge in [-0.3, -0.25) is 30.3 Å². The van der Waals surface area contributed by atoms with E-state index in [-0.39, 0.29) is 0 Å². The van der Waals surface area contributed by atoms with Crippen LogP contribution in [-0.2, 0) is 4.79 Å². The number of hydrogen-bond acceptors (Lipinski definition) is 6. The highest BCUT2D eigenvalue weighted by Crippen LogP contribution is 2.34. The lowest BCUT2D eigenvalue weighted by molar-refractivity contribution is -0.544. The van der Waals surface area contributed by atoms with E-state index in [2.05, 4.69) is 5.32 Å². The van der Waals surface area contributed by atoms with Gasteiger partial charge in [0.15, 0.2) is 0 Å². The van der Waals surface area contributed by atoms with Crippen LogP contribution in [0.3, 0.4) is 0 Å². The maximum Gasteiger partial charge on any atom is 0.296 e. The lowest BCUT2D eigenvalue weighted by Gasteiger charge is -2.33. The first kappa shape index (κ1) is 16.7. The van der Waals surface area contributed by atoms with Crippen LogP contribution in [0.2, 0.25) is 0 Å². The van der Waals surface area contributed by atoms with Crippen LogP contribution in [0.1, 0.15) is 23.2 Å². The van der Waals surface area contributed by atoms with Gasteiger partial charge in [-0.05, 0) is 11.1 Å². The van der Waals surface area contributed by atoms with Crippen LogP contribution in [0.5, 0.6) is 0 Å². The number of ketones is 1. The third kappa shape index (κ3) is 3.11. The molecule has 25 heavy (non-hydrogen) atoms. The Bertz CT molecular complexity index is 731. The number of carbonyl (C=O) groups is 1. The van der Waals surface area contributed by atoms with Gasteiger partial charge in [-0.25, -0.2) is 0 Å². The molecular weight excluding hydrogens is 326 g/mol. The number of Topliss-reactive ketones (excluding diaryl/α,β-unsaturated/α-hetero) is 1. The molecule has 0 saturated carbocycles. The summed E-state index contributed by atoms with van der Waals surface area (Å²) < 4.78 is 0. The van der Waals surface area contributed by atoms with Crippen LogP contribution >= 0.6 is 0 Å². The van der Waals surface area contributed by atoms with Gasteiger partial charge in [-0.2, -0.15) is 0 Å². The van der Waals surface area contributed by atoms with Crippen LogP contribution in [0.4, 0.5) is 0 Å². The van der Waals surface area contributed by atoms with E-state index >= 15 is 0 Å². The minimum absolute atomic E-state index is 0.542. The van der Waals surface area contributed by atoms with E-state index < -0.39 is 39.8 Å². The first-order valence-electron chi connectivity index (χ1n) is 7.67. The Balaban J connectivity index is 2.09. The topological polar surface area (TPSA) is 115 Å². The lowest BCUT2D eigenvalue weighted by Crippen LogP contribution is -2.59. The molecule has 1 aliphatic heterocycles. The monoisotopic (exact) mass is 341 g/mol. The fourth-order valence-corrected chi connectivity index (χ4v) is 3.21. The number of carbonyl (C=O) groups excluding carboxylic acids is 1. The normalized spacial score (nSPS) is 26.2. The molecule has 0 aromatic heterocycles. The van der Waals surface area contributed by atoms with Crippen molar-refractivity contribution in [3.05, 3.63) is 92.0 Å². The van der Waals surface area contributed by atoms with Gasteiger partial charge in [0.1, 0.15) is 12.1 Å². The number of nitro groups is 2. The zero-order valence-electron chi connectivity index (χ0n) is 13.0. The molecule has 1 heterocycles. The molecule has 1 aliphatic rings. The van der Waals surface area contributed by atoms with Crippen LogP contribution < -0.4 is 5.32 Å². The predicted molar refractivity (Wildman–Crippen MR) is 88.1 cm³/mol. The lowest BCUT2D eigenvalue weighted by atomic mass is 9.82. The van der Waals surface area contributed by atoms with E-state index in [0.717, 1.165) is 0 Å². The average Bonchev–Trinajstić information content (AvgIpc) is 2.61. The molecule has 4 atom stereocenters. The minimum Gasteiger partial charge on any atom is -0.291 e. The maximum absolute atomic E-state index is 12.7. The molecule has 1 fully saturated rings. The van der Waals surface area contributed by atoms with E-state index in [1.165, 1.54) is 0 Å². The standard InChI is InChI=1S/C17H15N3O5/c21-17-15(19(22)23)13(11-7-3-1-4-8-11)18-14(16(17)20(24)25)12-9-5-2-6-10-12/h1-10,13-16,18H. The Morgan fingerprint density at radius 1 is 0.720 bits per heavy atom. The summed E-state index contributed by atoms with van der Waals surface area (Å²) in [5.74, 6) is -0.989. The minimum atomic E-state index is -1.71. The molecule has 4 unspecified atom stereocenters. The van der Waals surface area contributed by atoms with Gasteiger partial charge in [0.25, 0.3) is 17.9 Å². The van der Waals surface area contributed by atoms with Crippen molar-refractivity contribution < 1.29 is 14.6 Å². The molecule has 2 aromatic rings. The van der Waals surface area contributed by atoms with E-state index in [9.17, 15) is 25.0 Å². The third-order valence-corrected chi connectivity index (χ3v) is 4.35. The highest BCUT2D eigenvalue weighted by atomic mass is 16.6. The molecule has 128 valence electrons. The molecular formula is C17H15N3O5. The summed E-state index contributed by atoms with van der Waals surface area (Å²) in [6, 6.07) is 11.7. The van der Waals surface area contributed by atoms with Crippen molar-refractivity contribution in [3.8, 4) is 0 Å². The van der Waals surface area contributed by atoms with Gasteiger partial charge >= 0.3 is 0 Å². The fourth-order valence-electron chi connectivity index (χ4n) is 3.21. The predicted octanol–water partition coefficient (Wildman–Crippen LogP) is 1.93. The summed E-state index contributed by atoms with van der Waals surface area (Å²) >= 11 is 0. The van der Waals surface area contributed by atoms with Crippen molar-refractivity contribution in [1.82, 2.24) is 5.32 Å². The van der Waals surface area contributed by atoms with Gasteiger partial charge in [0, 0.05) is 9.85 Å². The van der Waals surface area contributed by atoms with E-state index in [0.29, 0.717) is 11.1 Å². The average molecular weight is 341 g/mol. The number of nitrogens with one attached hydrogen (secondary N) is 1. The van der Waals surface area contributed by atoms with Crippen molar-refractivity contribution in [2.45, 2.75) is 24.2 Å². The van der Waals surface area contributed by atoms with Crippen LogP contribution in [0.15, 0.2) is 60.7 Å². The third-order valence-electron chi connectivity index (χ3n) is 4.35. The zero-order chi connectivity index (χ0) is 18.0. The van der Waals surface area contributed by atoms with Crippen molar-refractivity contribution in [1.29, 1.82) is 0 Å². The molecule has 0 amide bonds. The van der Waals surface area contributed by atoms with Gasteiger partial charge in [-0.15, -0.1) is 0 Å². The van der Waals surface area contributed by atoms with Crippen LogP contribution in [0.25, 0.3) is 0 Å². The number of rotatable bonds is 4. The number of nitrogens with zero attached hydrogens (tertiary/aromatic N) is 2.